The lowest BCUT2D eigenvalue weighted by Crippen LogP contribution is -1.99. The molecule has 0 fully saturated rings. The molecule has 2 aromatic heterocycles. The first-order valence-corrected chi connectivity index (χ1v) is 4.86. The van der Waals surface area contributed by atoms with Crippen LogP contribution in [-0.4, -0.2) is 26.8 Å². The predicted octanol–water partition coefficient (Wildman–Crippen LogP) is 1.35. The van der Waals surface area contributed by atoms with Crippen LogP contribution in [0.4, 0.5) is 5.82 Å². The molecule has 0 aliphatic carbocycles. The molecular weight excluding hydrogens is 206 g/mol. The number of rotatable bonds is 3. The first-order valence-electron chi connectivity index (χ1n) is 4.86. The molecule has 2 rings (SSSR count). The molecule has 0 unspecified atom stereocenters. The minimum Gasteiger partial charge on any atom is -0.435 e. The molecule has 0 bridgehead atoms. The fourth-order valence-corrected chi connectivity index (χ4v) is 1.35. The molecule has 0 atom stereocenters. The van der Waals surface area contributed by atoms with Crippen LogP contribution in [0, 0.1) is 6.92 Å². The second-order valence-electron chi connectivity index (χ2n) is 3.35. The maximum atomic E-state index is 5.60. The summed E-state index contributed by atoms with van der Waals surface area (Å²) >= 11 is 0. The van der Waals surface area contributed by atoms with Gasteiger partial charge in [0.1, 0.15) is 12.1 Å². The number of nitrogens with one attached hydrogen (secondary N) is 1. The molecule has 2 heterocycles. The highest BCUT2D eigenvalue weighted by atomic mass is 16.5. The van der Waals surface area contributed by atoms with Crippen LogP contribution in [0.3, 0.4) is 0 Å². The van der Waals surface area contributed by atoms with Gasteiger partial charge in [0, 0.05) is 14.1 Å². The van der Waals surface area contributed by atoms with Gasteiger partial charge >= 0.3 is 0 Å². The monoisotopic (exact) mass is 219 g/mol. The second-order valence-corrected chi connectivity index (χ2v) is 3.35. The van der Waals surface area contributed by atoms with Crippen molar-refractivity contribution in [1.82, 2.24) is 19.7 Å². The smallest absolute Gasteiger partial charge is 0.227 e. The lowest BCUT2D eigenvalue weighted by molar-refractivity contribution is 0.457. The van der Waals surface area contributed by atoms with Gasteiger partial charge < -0.3 is 10.1 Å². The number of hydrogen-bond donors (Lipinski definition) is 1. The van der Waals surface area contributed by atoms with Gasteiger partial charge in [-0.15, -0.1) is 0 Å². The Bertz CT molecular complexity index is 494. The quantitative estimate of drug-likeness (QED) is 0.844. The fraction of sp³-hybridized carbons (Fsp3) is 0.300. The van der Waals surface area contributed by atoms with Crippen molar-refractivity contribution < 1.29 is 4.74 Å². The third kappa shape index (κ3) is 1.95. The van der Waals surface area contributed by atoms with E-state index in [0.717, 1.165) is 11.4 Å². The molecule has 0 radical (unpaired) electrons. The molecule has 0 aromatic carbocycles. The summed E-state index contributed by atoms with van der Waals surface area (Å²) < 4.78 is 7.27. The van der Waals surface area contributed by atoms with E-state index >= 15 is 0 Å². The van der Waals surface area contributed by atoms with Crippen molar-refractivity contribution in [2.24, 2.45) is 7.05 Å². The van der Waals surface area contributed by atoms with Crippen LogP contribution in [0.1, 0.15) is 5.56 Å². The van der Waals surface area contributed by atoms with Crippen LogP contribution in [0.15, 0.2) is 18.7 Å². The van der Waals surface area contributed by atoms with E-state index in [1.54, 1.807) is 17.1 Å². The molecule has 6 heteroatoms. The molecule has 0 saturated heterocycles. The van der Waals surface area contributed by atoms with Crippen LogP contribution in [0.25, 0.3) is 0 Å². The molecule has 0 spiro atoms. The zero-order valence-corrected chi connectivity index (χ0v) is 9.43. The van der Waals surface area contributed by atoms with E-state index in [2.05, 4.69) is 20.4 Å². The van der Waals surface area contributed by atoms with E-state index in [0.29, 0.717) is 11.6 Å². The fourth-order valence-electron chi connectivity index (χ4n) is 1.35. The van der Waals surface area contributed by atoms with Crippen molar-refractivity contribution >= 4 is 5.82 Å². The van der Waals surface area contributed by atoms with Gasteiger partial charge in [-0.2, -0.15) is 5.10 Å². The topological polar surface area (TPSA) is 64.9 Å². The molecule has 1 N–H and O–H groups in total. The Morgan fingerprint density at radius 1 is 1.38 bits per heavy atom. The summed E-state index contributed by atoms with van der Waals surface area (Å²) in [4.78, 5) is 8.16. The number of aryl methyl sites for hydroxylation is 1. The summed E-state index contributed by atoms with van der Waals surface area (Å²) in [6.45, 7) is 1.90. The number of ether oxygens (including phenoxy) is 1. The third-order valence-electron chi connectivity index (χ3n) is 2.17. The van der Waals surface area contributed by atoms with Crippen molar-refractivity contribution in [3.63, 3.8) is 0 Å². The van der Waals surface area contributed by atoms with E-state index in [1.807, 2.05) is 21.0 Å². The molecule has 2 aromatic rings. The highest BCUT2D eigenvalue weighted by Gasteiger charge is 2.08. The Hall–Kier alpha value is -2.11. The van der Waals surface area contributed by atoms with Crippen molar-refractivity contribution in [2.45, 2.75) is 6.92 Å². The SMILES string of the molecule is CNc1ncnc(Oc2cnn(C)c2)c1C. The van der Waals surface area contributed by atoms with Gasteiger partial charge in [0.2, 0.25) is 5.88 Å². The van der Waals surface area contributed by atoms with Crippen LogP contribution < -0.4 is 10.1 Å². The predicted molar refractivity (Wildman–Crippen MR) is 59.6 cm³/mol. The van der Waals surface area contributed by atoms with Crippen LogP contribution in [0.2, 0.25) is 0 Å². The zero-order chi connectivity index (χ0) is 11.5. The largest absolute Gasteiger partial charge is 0.435 e. The number of aromatic nitrogens is 4. The molecule has 84 valence electrons. The first kappa shape index (κ1) is 10.4. The molecular formula is C10H13N5O. The molecule has 0 amide bonds. The molecule has 0 aliphatic heterocycles. The minimum atomic E-state index is 0.535. The number of nitrogens with zero attached hydrogens (tertiary/aromatic N) is 4. The van der Waals surface area contributed by atoms with Crippen molar-refractivity contribution in [1.29, 1.82) is 0 Å². The summed E-state index contributed by atoms with van der Waals surface area (Å²) in [7, 11) is 3.64. The van der Waals surface area contributed by atoms with Gasteiger partial charge in [0.15, 0.2) is 5.75 Å². The summed E-state index contributed by atoms with van der Waals surface area (Å²) in [5, 5.41) is 6.99. The van der Waals surface area contributed by atoms with Gasteiger partial charge in [-0.05, 0) is 6.92 Å². The molecule has 16 heavy (non-hydrogen) atoms. The Morgan fingerprint density at radius 3 is 2.81 bits per heavy atom. The highest BCUT2D eigenvalue weighted by molar-refractivity contribution is 5.47. The van der Waals surface area contributed by atoms with Gasteiger partial charge in [-0.3, -0.25) is 4.68 Å². The number of hydrogen-bond acceptors (Lipinski definition) is 5. The number of anilines is 1. The molecule has 0 aliphatic rings. The zero-order valence-electron chi connectivity index (χ0n) is 9.43. The van der Waals surface area contributed by atoms with E-state index < -0.39 is 0 Å². The van der Waals surface area contributed by atoms with E-state index in [4.69, 9.17) is 4.74 Å². The van der Waals surface area contributed by atoms with Gasteiger partial charge in [-0.25, -0.2) is 9.97 Å². The summed E-state index contributed by atoms with van der Waals surface area (Å²) in [6.07, 6.45) is 4.88. The summed E-state index contributed by atoms with van der Waals surface area (Å²) in [5.74, 6) is 1.95. The molecule has 6 nitrogen and oxygen atoms in total. The lowest BCUT2D eigenvalue weighted by atomic mass is 10.3. The standard InChI is InChI=1S/C10H13N5O/c1-7-9(11-2)12-6-13-10(7)16-8-4-14-15(3)5-8/h4-6H,1-3H3,(H,11,12,13). The van der Waals surface area contributed by atoms with E-state index in [1.165, 1.54) is 6.33 Å². The summed E-state index contributed by atoms with van der Waals surface area (Å²) in [6, 6.07) is 0. The second kappa shape index (κ2) is 4.18. The Morgan fingerprint density at radius 2 is 2.19 bits per heavy atom. The Kier molecular flexibility index (Phi) is 2.72. The van der Waals surface area contributed by atoms with E-state index in [-0.39, 0.29) is 0 Å². The van der Waals surface area contributed by atoms with E-state index in [9.17, 15) is 0 Å². The maximum Gasteiger partial charge on any atom is 0.227 e. The average Bonchev–Trinajstić information content (AvgIpc) is 2.67. The van der Waals surface area contributed by atoms with Gasteiger partial charge in [0.25, 0.3) is 0 Å². The van der Waals surface area contributed by atoms with Gasteiger partial charge in [-0.1, -0.05) is 0 Å². The van der Waals surface area contributed by atoms with Gasteiger partial charge in [0.05, 0.1) is 18.0 Å². The normalized spacial score (nSPS) is 10.2. The summed E-state index contributed by atoms with van der Waals surface area (Å²) in [5.41, 5.74) is 0.869. The van der Waals surface area contributed by atoms with Crippen LogP contribution in [-0.2, 0) is 7.05 Å². The first-order chi connectivity index (χ1) is 7.70. The lowest BCUT2D eigenvalue weighted by Gasteiger charge is -2.08. The minimum absolute atomic E-state index is 0.535. The Balaban J connectivity index is 2.28. The van der Waals surface area contributed by atoms with Crippen LogP contribution >= 0.6 is 0 Å². The molecule has 0 saturated carbocycles. The van der Waals surface area contributed by atoms with Crippen LogP contribution in [0.5, 0.6) is 11.6 Å². The highest BCUT2D eigenvalue weighted by Crippen LogP contribution is 2.24. The maximum absolute atomic E-state index is 5.60. The average molecular weight is 219 g/mol. The Labute approximate surface area is 93.3 Å². The van der Waals surface area contributed by atoms with Crippen molar-refractivity contribution in [3.8, 4) is 11.6 Å². The third-order valence-corrected chi connectivity index (χ3v) is 2.17. The van der Waals surface area contributed by atoms with Crippen molar-refractivity contribution in [2.75, 3.05) is 12.4 Å². The van der Waals surface area contributed by atoms with Crippen molar-refractivity contribution in [3.05, 3.63) is 24.3 Å².